The third kappa shape index (κ3) is 5.34. The summed E-state index contributed by atoms with van der Waals surface area (Å²) in [7, 11) is 0. The number of pyridine rings is 1. The van der Waals surface area contributed by atoms with Crippen LogP contribution < -0.4 is 21.3 Å². The SMILES string of the molecule is O=C(NCCNc1ccc(Nc2ccncc2)nn1)Nc1c(F)cccc1F. The number of carbonyl (C=O) groups is 1. The Balaban J connectivity index is 1.41. The fraction of sp³-hybridized carbons (Fsp3) is 0.111. The lowest BCUT2D eigenvalue weighted by molar-refractivity contribution is 0.252. The number of carbonyl (C=O) groups excluding carboxylic acids is 1. The van der Waals surface area contributed by atoms with Gasteiger partial charge in [-0.05, 0) is 36.4 Å². The van der Waals surface area contributed by atoms with Gasteiger partial charge in [0.05, 0.1) is 0 Å². The lowest BCUT2D eigenvalue weighted by Gasteiger charge is -2.10. The first-order valence-corrected chi connectivity index (χ1v) is 8.35. The molecule has 0 bridgehead atoms. The fourth-order valence-electron chi connectivity index (χ4n) is 2.22. The molecule has 0 aliphatic rings. The van der Waals surface area contributed by atoms with E-state index in [9.17, 15) is 13.6 Å². The van der Waals surface area contributed by atoms with Crippen LogP contribution in [0, 0.1) is 11.6 Å². The Labute approximate surface area is 159 Å². The predicted octanol–water partition coefficient (Wildman–Crippen LogP) is 3.13. The van der Waals surface area contributed by atoms with Crippen LogP contribution in [0.1, 0.15) is 0 Å². The van der Waals surface area contributed by atoms with Crippen molar-refractivity contribution in [2.45, 2.75) is 0 Å². The summed E-state index contributed by atoms with van der Waals surface area (Å²) in [4.78, 5) is 15.7. The van der Waals surface area contributed by atoms with Gasteiger partial charge < -0.3 is 21.3 Å². The number of hydrogen-bond acceptors (Lipinski definition) is 6. The molecule has 1 aromatic carbocycles. The van der Waals surface area contributed by atoms with Crippen molar-refractivity contribution in [3.63, 3.8) is 0 Å². The van der Waals surface area contributed by atoms with E-state index in [1.807, 2.05) is 0 Å². The maximum Gasteiger partial charge on any atom is 0.319 e. The zero-order valence-corrected chi connectivity index (χ0v) is 14.6. The summed E-state index contributed by atoms with van der Waals surface area (Å²) in [6.07, 6.45) is 3.32. The van der Waals surface area contributed by atoms with E-state index in [0.717, 1.165) is 17.8 Å². The molecule has 28 heavy (non-hydrogen) atoms. The number of urea groups is 1. The van der Waals surface area contributed by atoms with Gasteiger partial charge in [0.15, 0.2) is 5.82 Å². The average Bonchev–Trinajstić information content (AvgIpc) is 2.70. The van der Waals surface area contributed by atoms with Crippen molar-refractivity contribution in [3.8, 4) is 0 Å². The van der Waals surface area contributed by atoms with Gasteiger partial charge in [-0.1, -0.05) is 6.07 Å². The molecule has 3 rings (SSSR count). The first-order chi connectivity index (χ1) is 13.6. The van der Waals surface area contributed by atoms with Crippen molar-refractivity contribution in [2.75, 3.05) is 29.0 Å². The Morgan fingerprint density at radius 2 is 1.57 bits per heavy atom. The first-order valence-electron chi connectivity index (χ1n) is 8.35. The second-order valence-corrected chi connectivity index (χ2v) is 5.57. The number of anilines is 4. The highest BCUT2D eigenvalue weighted by molar-refractivity contribution is 5.89. The molecule has 144 valence electrons. The van der Waals surface area contributed by atoms with Gasteiger partial charge in [-0.25, -0.2) is 13.6 Å². The second kappa shape index (κ2) is 9.21. The van der Waals surface area contributed by atoms with Gasteiger partial charge in [0.1, 0.15) is 23.1 Å². The Bertz CT molecular complexity index is 903. The minimum atomic E-state index is -0.844. The normalized spacial score (nSPS) is 10.2. The number of halogens is 2. The topological polar surface area (TPSA) is 104 Å². The number of hydrogen-bond donors (Lipinski definition) is 4. The van der Waals surface area contributed by atoms with Crippen molar-refractivity contribution in [1.29, 1.82) is 0 Å². The quantitative estimate of drug-likeness (QED) is 0.466. The molecule has 10 heteroatoms. The van der Waals surface area contributed by atoms with Crippen LogP contribution in [0.15, 0.2) is 54.9 Å². The molecule has 0 aliphatic carbocycles. The predicted molar refractivity (Wildman–Crippen MR) is 101 cm³/mol. The van der Waals surface area contributed by atoms with Gasteiger partial charge in [0.25, 0.3) is 0 Å². The van der Waals surface area contributed by atoms with Crippen molar-refractivity contribution in [3.05, 3.63) is 66.5 Å². The highest BCUT2D eigenvalue weighted by atomic mass is 19.1. The van der Waals surface area contributed by atoms with E-state index in [1.165, 1.54) is 6.07 Å². The van der Waals surface area contributed by atoms with Gasteiger partial charge in [-0.3, -0.25) is 4.98 Å². The highest BCUT2D eigenvalue weighted by Gasteiger charge is 2.11. The van der Waals surface area contributed by atoms with Gasteiger partial charge in [0.2, 0.25) is 0 Å². The molecule has 3 aromatic rings. The number of para-hydroxylation sites is 1. The third-order valence-corrected chi connectivity index (χ3v) is 3.54. The summed E-state index contributed by atoms with van der Waals surface area (Å²) < 4.78 is 26.9. The van der Waals surface area contributed by atoms with Crippen LogP contribution in [-0.2, 0) is 0 Å². The molecule has 0 spiro atoms. The second-order valence-electron chi connectivity index (χ2n) is 5.57. The fourth-order valence-corrected chi connectivity index (χ4v) is 2.22. The summed E-state index contributed by atoms with van der Waals surface area (Å²) in [5.74, 6) is -0.600. The number of nitrogens with one attached hydrogen (secondary N) is 4. The molecular weight excluding hydrogens is 368 g/mol. The van der Waals surface area contributed by atoms with Crippen molar-refractivity contribution in [1.82, 2.24) is 20.5 Å². The van der Waals surface area contributed by atoms with E-state index >= 15 is 0 Å². The zero-order valence-electron chi connectivity index (χ0n) is 14.6. The maximum absolute atomic E-state index is 13.5. The molecule has 2 amide bonds. The standard InChI is InChI=1S/C18H17F2N7O/c19-13-2-1-3-14(20)17(13)25-18(28)23-11-10-22-15-4-5-16(27-26-15)24-12-6-8-21-9-7-12/h1-9H,10-11H2,(H,22,26)(H,21,24,27)(H2,23,25,28). The monoisotopic (exact) mass is 385 g/mol. The van der Waals surface area contributed by atoms with Gasteiger partial charge in [-0.15, -0.1) is 10.2 Å². The highest BCUT2D eigenvalue weighted by Crippen LogP contribution is 2.17. The number of amides is 2. The summed E-state index contributed by atoms with van der Waals surface area (Å²) in [6, 6.07) is 9.71. The van der Waals surface area contributed by atoms with Gasteiger partial charge >= 0.3 is 6.03 Å². The molecule has 0 unspecified atom stereocenters. The molecule has 0 atom stereocenters. The van der Waals surface area contributed by atoms with Crippen LogP contribution in [0.5, 0.6) is 0 Å². The molecule has 0 saturated carbocycles. The van der Waals surface area contributed by atoms with E-state index in [2.05, 4.69) is 36.4 Å². The minimum absolute atomic E-state index is 0.209. The Morgan fingerprint density at radius 1 is 0.893 bits per heavy atom. The lowest BCUT2D eigenvalue weighted by Crippen LogP contribution is -2.33. The van der Waals surface area contributed by atoms with E-state index < -0.39 is 23.4 Å². The summed E-state index contributed by atoms with van der Waals surface area (Å²) in [5, 5.41) is 18.7. The number of benzene rings is 1. The molecule has 0 aliphatic heterocycles. The lowest BCUT2D eigenvalue weighted by atomic mass is 10.3. The van der Waals surface area contributed by atoms with Crippen LogP contribution >= 0.6 is 0 Å². The van der Waals surface area contributed by atoms with Crippen molar-refractivity contribution in [2.24, 2.45) is 0 Å². The maximum atomic E-state index is 13.5. The number of nitrogens with zero attached hydrogens (tertiary/aromatic N) is 3. The van der Waals surface area contributed by atoms with E-state index in [0.29, 0.717) is 18.2 Å². The van der Waals surface area contributed by atoms with Gasteiger partial charge in [-0.2, -0.15) is 0 Å². The molecular formula is C18H17F2N7O. The van der Waals surface area contributed by atoms with E-state index in [1.54, 1.807) is 36.7 Å². The summed E-state index contributed by atoms with van der Waals surface area (Å²) in [5.41, 5.74) is 0.350. The summed E-state index contributed by atoms with van der Waals surface area (Å²) in [6.45, 7) is 0.555. The van der Waals surface area contributed by atoms with Crippen LogP contribution in [0.25, 0.3) is 0 Å². The minimum Gasteiger partial charge on any atom is -0.367 e. The molecule has 0 saturated heterocycles. The average molecular weight is 385 g/mol. The number of rotatable bonds is 7. The molecule has 0 radical (unpaired) electrons. The molecule has 2 heterocycles. The molecule has 4 N–H and O–H groups in total. The van der Waals surface area contributed by atoms with Gasteiger partial charge in [0, 0.05) is 31.2 Å². The van der Waals surface area contributed by atoms with Crippen LogP contribution in [0.3, 0.4) is 0 Å². The van der Waals surface area contributed by atoms with Crippen molar-refractivity contribution >= 4 is 29.0 Å². The van der Waals surface area contributed by atoms with E-state index in [-0.39, 0.29) is 6.54 Å². The third-order valence-electron chi connectivity index (χ3n) is 3.54. The molecule has 2 aromatic heterocycles. The van der Waals surface area contributed by atoms with Crippen LogP contribution in [0.2, 0.25) is 0 Å². The molecule has 8 nitrogen and oxygen atoms in total. The Hall–Kier alpha value is -3.82. The first kappa shape index (κ1) is 19.0. The Kier molecular flexibility index (Phi) is 6.24. The van der Waals surface area contributed by atoms with Crippen LogP contribution in [0.4, 0.5) is 36.6 Å². The van der Waals surface area contributed by atoms with Crippen molar-refractivity contribution < 1.29 is 13.6 Å². The zero-order chi connectivity index (χ0) is 19.8. The molecule has 0 fully saturated rings. The Morgan fingerprint density at radius 3 is 2.25 bits per heavy atom. The van der Waals surface area contributed by atoms with Crippen LogP contribution in [-0.4, -0.2) is 34.3 Å². The van der Waals surface area contributed by atoms with E-state index in [4.69, 9.17) is 0 Å². The largest absolute Gasteiger partial charge is 0.367 e. The summed E-state index contributed by atoms with van der Waals surface area (Å²) >= 11 is 0. The smallest absolute Gasteiger partial charge is 0.319 e. The number of aromatic nitrogens is 3.